The highest BCUT2D eigenvalue weighted by Crippen LogP contribution is 2.19. The van der Waals surface area contributed by atoms with Crippen LogP contribution in [0.3, 0.4) is 0 Å². The molecule has 30 heavy (non-hydrogen) atoms. The van der Waals surface area contributed by atoms with Gasteiger partial charge in [0.05, 0.1) is 10.5 Å². The molecule has 0 bridgehead atoms. The average molecular weight is 433 g/mol. The molecule has 0 aliphatic rings. The predicted molar refractivity (Wildman–Crippen MR) is 114 cm³/mol. The first-order chi connectivity index (χ1) is 14.0. The molecule has 0 saturated heterocycles. The fourth-order valence-electron chi connectivity index (χ4n) is 2.75. The van der Waals surface area contributed by atoms with Crippen LogP contribution in [0.2, 0.25) is 0 Å². The van der Waals surface area contributed by atoms with Gasteiger partial charge in [0.2, 0.25) is 10.0 Å². The SMILES string of the molecule is CC(C)N(C)S(=O)(=O)c1cccc(C(=O)O[C@H](C)C(=O)N(C)Cc2ccccc2)c1. The molecule has 162 valence electrons. The van der Waals surface area contributed by atoms with E-state index in [4.69, 9.17) is 4.74 Å². The van der Waals surface area contributed by atoms with E-state index in [-0.39, 0.29) is 22.4 Å². The van der Waals surface area contributed by atoms with Crippen molar-refractivity contribution >= 4 is 21.9 Å². The second-order valence-electron chi connectivity index (χ2n) is 7.37. The molecule has 0 saturated carbocycles. The lowest BCUT2D eigenvalue weighted by Gasteiger charge is -2.22. The Morgan fingerprint density at radius 2 is 1.60 bits per heavy atom. The van der Waals surface area contributed by atoms with Gasteiger partial charge in [0.15, 0.2) is 6.10 Å². The zero-order valence-electron chi connectivity index (χ0n) is 17.9. The van der Waals surface area contributed by atoms with Crippen LogP contribution in [-0.4, -0.2) is 55.7 Å². The molecule has 2 aromatic carbocycles. The first-order valence-electron chi connectivity index (χ1n) is 9.62. The quantitative estimate of drug-likeness (QED) is 0.599. The van der Waals surface area contributed by atoms with Crippen LogP contribution in [0.4, 0.5) is 0 Å². The number of nitrogens with zero attached hydrogens (tertiary/aromatic N) is 2. The van der Waals surface area contributed by atoms with E-state index in [9.17, 15) is 18.0 Å². The monoisotopic (exact) mass is 432 g/mol. The number of likely N-dealkylation sites (N-methyl/N-ethyl adjacent to an activating group) is 1. The van der Waals surface area contributed by atoms with Crippen molar-refractivity contribution in [3.8, 4) is 0 Å². The van der Waals surface area contributed by atoms with E-state index >= 15 is 0 Å². The Morgan fingerprint density at radius 1 is 0.967 bits per heavy atom. The number of ether oxygens (including phenoxy) is 1. The van der Waals surface area contributed by atoms with Crippen LogP contribution in [0.25, 0.3) is 0 Å². The van der Waals surface area contributed by atoms with Crippen LogP contribution >= 0.6 is 0 Å². The molecule has 0 heterocycles. The highest BCUT2D eigenvalue weighted by Gasteiger charge is 2.26. The van der Waals surface area contributed by atoms with Crippen molar-refractivity contribution in [1.29, 1.82) is 0 Å². The summed E-state index contributed by atoms with van der Waals surface area (Å²) in [5, 5.41) is 0. The molecule has 8 heteroatoms. The van der Waals surface area contributed by atoms with E-state index < -0.39 is 22.1 Å². The van der Waals surface area contributed by atoms with Gasteiger partial charge in [-0.05, 0) is 44.5 Å². The number of carbonyl (C=O) groups is 2. The van der Waals surface area contributed by atoms with Crippen LogP contribution in [0.1, 0.15) is 36.7 Å². The van der Waals surface area contributed by atoms with Crippen molar-refractivity contribution in [2.45, 2.75) is 44.4 Å². The van der Waals surface area contributed by atoms with Gasteiger partial charge in [0.25, 0.3) is 5.91 Å². The maximum Gasteiger partial charge on any atom is 0.338 e. The van der Waals surface area contributed by atoms with Crippen LogP contribution in [-0.2, 0) is 26.1 Å². The van der Waals surface area contributed by atoms with Gasteiger partial charge < -0.3 is 9.64 Å². The summed E-state index contributed by atoms with van der Waals surface area (Å²) in [6.45, 7) is 5.40. The van der Waals surface area contributed by atoms with Gasteiger partial charge in [0.1, 0.15) is 0 Å². The Morgan fingerprint density at radius 3 is 2.20 bits per heavy atom. The number of carbonyl (C=O) groups excluding carboxylic acids is 2. The summed E-state index contributed by atoms with van der Waals surface area (Å²) in [5.74, 6) is -1.11. The van der Waals surface area contributed by atoms with Crippen molar-refractivity contribution < 1.29 is 22.7 Å². The van der Waals surface area contributed by atoms with Crippen LogP contribution < -0.4 is 0 Å². The van der Waals surface area contributed by atoms with Gasteiger partial charge >= 0.3 is 5.97 Å². The van der Waals surface area contributed by atoms with Crippen LogP contribution in [0.15, 0.2) is 59.5 Å². The summed E-state index contributed by atoms with van der Waals surface area (Å²) < 4.78 is 31.8. The first kappa shape index (κ1) is 23.6. The average Bonchev–Trinajstić information content (AvgIpc) is 2.73. The fraction of sp³-hybridized carbons (Fsp3) is 0.364. The Kier molecular flexibility index (Phi) is 7.75. The molecule has 0 aliphatic carbocycles. The van der Waals surface area contributed by atoms with Crippen molar-refractivity contribution in [2.75, 3.05) is 14.1 Å². The zero-order valence-corrected chi connectivity index (χ0v) is 18.7. The summed E-state index contributed by atoms with van der Waals surface area (Å²) >= 11 is 0. The lowest BCUT2D eigenvalue weighted by Crippen LogP contribution is -2.37. The van der Waals surface area contributed by atoms with Gasteiger partial charge in [-0.1, -0.05) is 36.4 Å². The molecular weight excluding hydrogens is 404 g/mol. The Labute approximate surface area is 178 Å². The molecule has 0 aromatic heterocycles. The normalized spacial score (nSPS) is 12.6. The third kappa shape index (κ3) is 5.67. The van der Waals surface area contributed by atoms with Crippen molar-refractivity contribution in [3.05, 3.63) is 65.7 Å². The molecule has 0 N–H and O–H groups in total. The Hall–Kier alpha value is -2.71. The fourth-order valence-corrected chi connectivity index (χ4v) is 4.17. The molecule has 2 rings (SSSR count). The first-order valence-corrected chi connectivity index (χ1v) is 11.1. The van der Waals surface area contributed by atoms with Gasteiger partial charge in [-0.3, -0.25) is 4.79 Å². The van der Waals surface area contributed by atoms with Gasteiger partial charge in [0, 0.05) is 26.7 Å². The number of sulfonamides is 1. The second-order valence-corrected chi connectivity index (χ2v) is 9.37. The van der Waals surface area contributed by atoms with Gasteiger partial charge in [-0.25, -0.2) is 13.2 Å². The minimum Gasteiger partial charge on any atom is -0.449 e. The zero-order chi connectivity index (χ0) is 22.5. The molecule has 0 fully saturated rings. The van der Waals surface area contributed by atoms with Crippen molar-refractivity contribution in [2.24, 2.45) is 0 Å². The third-order valence-corrected chi connectivity index (χ3v) is 6.77. The van der Waals surface area contributed by atoms with Crippen molar-refractivity contribution in [3.63, 3.8) is 0 Å². The van der Waals surface area contributed by atoms with Crippen LogP contribution in [0.5, 0.6) is 0 Å². The second kappa shape index (κ2) is 9.86. The third-order valence-electron chi connectivity index (χ3n) is 4.74. The standard InChI is InChI=1S/C22H28N2O5S/c1-16(2)24(5)30(27,28)20-13-9-12-19(14-20)22(26)29-17(3)21(25)23(4)15-18-10-7-6-8-11-18/h6-14,16-17H,15H2,1-5H3/t17-/m1/s1. The highest BCUT2D eigenvalue weighted by atomic mass is 32.2. The Bertz CT molecular complexity index is 990. The van der Waals surface area contributed by atoms with E-state index in [0.717, 1.165) is 5.56 Å². The molecule has 1 atom stereocenters. The van der Waals surface area contributed by atoms with E-state index in [1.165, 1.54) is 47.4 Å². The number of benzene rings is 2. The maximum absolute atomic E-state index is 12.7. The Balaban J connectivity index is 2.09. The minimum absolute atomic E-state index is 0.00618. The number of esters is 1. The smallest absolute Gasteiger partial charge is 0.338 e. The number of rotatable bonds is 8. The largest absolute Gasteiger partial charge is 0.449 e. The maximum atomic E-state index is 12.7. The number of amides is 1. The molecule has 7 nitrogen and oxygen atoms in total. The van der Waals surface area contributed by atoms with E-state index in [1.807, 2.05) is 30.3 Å². The van der Waals surface area contributed by atoms with Crippen molar-refractivity contribution in [1.82, 2.24) is 9.21 Å². The summed E-state index contributed by atoms with van der Waals surface area (Å²) in [7, 11) is -0.623. The predicted octanol–water partition coefficient (Wildman–Crippen LogP) is 2.92. The summed E-state index contributed by atoms with van der Waals surface area (Å²) in [4.78, 5) is 26.5. The molecule has 0 aliphatic heterocycles. The summed E-state index contributed by atoms with van der Waals surface area (Å²) in [5.41, 5.74) is 1.03. The topological polar surface area (TPSA) is 84.0 Å². The lowest BCUT2D eigenvalue weighted by atomic mass is 10.2. The van der Waals surface area contributed by atoms with E-state index in [2.05, 4.69) is 0 Å². The van der Waals surface area contributed by atoms with Crippen LogP contribution in [0, 0.1) is 0 Å². The lowest BCUT2D eigenvalue weighted by molar-refractivity contribution is -0.139. The number of hydrogen-bond acceptors (Lipinski definition) is 5. The van der Waals surface area contributed by atoms with Gasteiger partial charge in [-0.2, -0.15) is 4.31 Å². The molecular formula is C22H28N2O5S. The van der Waals surface area contributed by atoms with Gasteiger partial charge in [-0.15, -0.1) is 0 Å². The highest BCUT2D eigenvalue weighted by molar-refractivity contribution is 7.89. The molecule has 0 radical (unpaired) electrons. The molecule has 0 spiro atoms. The minimum atomic E-state index is -3.74. The summed E-state index contributed by atoms with van der Waals surface area (Å²) in [6.07, 6.45) is -1.01. The molecule has 1 amide bonds. The molecule has 2 aromatic rings. The molecule has 0 unspecified atom stereocenters. The van der Waals surface area contributed by atoms with E-state index in [0.29, 0.717) is 6.54 Å². The van der Waals surface area contributed by atoms with E-state index in [1.54, 1.807) is 20.9 Å². The number of hydrogen-bond donors (Lipinski definition) is 0. The summed E-state index contributed by atoms with van der Waals surface area (Å²) in [6, 6.07) is 14.9.